The molecule has 0 unspecified atom stereocenters. The molecule has 0 aromatic heterocycles. The highest BCUT2D eigenvalue weighted by molar-refractivity contribution is 9.11. The first-order valence-electron chi connectivity index (χ1n) is 5.55. The molecule has 16 heavy (non-hydrogen) atoms. The highest BCUT2D eigenvalue weighted by Gasteiger charge is 2.13. The van der Waals surface area contributed by atoms with Gasteiger partial charge in [-0.2, -0.15) is 0 Å². The van der Waals surface area contributed by atoms with E-state index >= 15 is 0 Å². The second kappa shape index (κ2) is 6.29. The molecule has 92 valence electrons. The molecule has 0 fully saturated rings. The van der Waals surface area contributed by atoms with Gasteiger partial charge in [0.05, 0.1) is 0 Å². The van der Waals surface area contributed by atoms with Crippen LogP contribution < -0.4 is 0 Å². The summed E-state index contributed by atoms with van der Waals surface area (Å²) in [6.45, 7) is 16.3. The maximum Gasteiger partial charge on any atom is 0.129 e. The molecule has 0 saturated carbocycles. The molecule has 0 radical (unpaired) electrons. The van der Waals surface area contributed by atoms with E-state index in [4.69, 9.17) is 4.74 Å². The van der Waals surface area contributed by atoms with Crippen molar-refractivity contribution in [1.82, 2.24) is 0 Å². The van der Waals surface area contributed by atoms with E-state index in [1.165, 1.54) is 0 Å². The van der Waals surface area contributed by atoms with Gasteiger partial charge in [0.15, 0.2) is 0 Å². The minimum absolute atomic E-state index is 0.187. The summed E-state index contributed by atoms with van der Waals surface area (Å²) in [6, 6.07) is 0. The summed E-state index contributed by atoms with van der Waals surface area (Å²) < 4.78 is 6.83. The predicted molar refractivity (Wildman–Crippen MR) is 75.6 cm³/mol. The van der Waals surface area contributed by atoms with Crippen LogP contribution in [0, 0.1) is 5.92 Å². The lowest BCUT2D eigenvalue weighted by molar-refractivity contribution is 0.0593. The molecule has 0 aromatic rings. The molecular weight excluding hydrogens is 264 g/mol. The molecule has 2 heteroatoms. The predicted octanol–water partition coefficient (Wildman–Crippen LogP) is 5.20. The third-order valence-corrected chi connectivity index (χ3v) is 2.34. The Morgan fingerprint density at radius 3 is 2.06 bits per heavy atom. The molecule has 0 amide bonds. The fourth-order valence-electron chi connectivity index (χ4n) is 0.924. The maximum atomic E-state index is 5.83. The number of ether oxygens (including phenoxy) is 1. The normalized spacial score (nSPS) is 14.2. The molecule has 0 aliphatic carbocycles. The zero-order valence-electron chi connectivity index (χ0n) is 11.2. The Labute approximate surface area is 108 Å². The highest BCUT2D eigenvalue weighted by atomic mass is 79.9. The van der Waals surface area contributed by atoms with Crippen molar-refractivity contribution in [2.45, 2.75) is 47.1 Å². The second-order valence-corrected chi connectivity index (χ2v) is 6.36. The third-order valence-electron chi connectivity index (χ3n) is 1.95. The van der Waals surface area contributed by atoms with Crippen molar-refractivity contribution < 1.29 is 4.74 Å². The molecule has 0 atom stereocenters. The first kappa shape index (κ1) is 15.5. The van der Waals surface area contributed by atoms with Crippen molar-refractivity contribution in [2.75, 3.05) is 0 Å². The molecule has 0 rings (SSSR count). The van der Waals surface area contributed by atoms with Gasteiger partial charge in [0.2, 0.25) is 0 Å². The Balaban J connectivity index is 4.75. The molecular formula is C14H23BrO. The molecule has 0 saturated heterocycles. The van der Waals surface area contributed by atoms with E-state index in [1.807, 2.05) is 39.8 Å². The van der Waals surface area contributed by atoms with E-state index in [0.717, 1.165) is 15.8 Å². The van der Waals surface area contributed by atoms with Crippen molar-refractivity contribution in [3.05, 3.63) is 34.5 Å². The van der Waals surface area contributed by atoms with Gasteiger partial charge in [-0.3, -0.25) is 0 Å². The lowest BCUT2D eigenvalue weighted by atomic mass is 10.1. The summed E-state index contributed by atoms with van der Waals surface area (Å²) >= 11 is 3.45. The van der Waals surface area contributed by atoms with Crippen molar-refractivity contribution in [3.8, 4) is 0 Å². The summed E-state index contributed by atoms with van der Waals surface area (Å²) in [6.07, 6.45) is 3.98. The van der Waals surface area contributed by atoms with E-state index < -0.39 is 0 Å². The van der Waals surface area contributed by atoms with Gasteiger partial charge in [0.1, 0.15) is 11.4 Å². The summed E-state index contributed by atoms with van der Waals surface area (Å²) in [7, 11) is 0. The number of rotatable bonds is 4. The van der Waals surface area contributed by atoms with E-state index in [-0.39, 0.29) is 5.60 Å². The van der Waals surface area contributed by atoms with Gasteiger partial charge in [-0.25, -0.2) is 0 Å². The first-order chi connectivity index (χ1) is 7.13. The van der Waals surface area contributed by atoms with Gasteiger partial charge in [-0.15, -0.1) is 0 Å². The van der Waals surface area contributed by atoms with Crippen molar-refractivity contribution >= 4 is 15.9 Å². The van der Waals surface area contributed by atoms with Gasteiger partial charge in [-0.1, -0.05) is 48.0 Å². The van der Waals surface area contributed by atoms with Crippen LogP contribution in [-0.4, -0.2) is 5.60 Å². The number of allylic oxidation sites excluding steroid dienone is 4. The number of hydrogen-bond donors (Lipinski definition) is 0. The van der Waals surface area contributed by atoms with Crippen LogP contribution in [0.25, 0.3) is 0 Å². The molecule has 0 N–H and O–H groups in total. The molecule has 0 heterocycles. The smallest absolute Gasteiger partial charge is 0.129 e. The largest absolute Gasteiger partial charge is 0.487 e. The van der Waals surface area contributed by atoms with E-state index in [2.05, 4.69) is 36.4 Å². The Morgan fingerprint density at radius 1 is 1.25 bits per heavy atom. The number of hydrogen-bond acceptors (Lipinski definition) is 1. The fourth-order valence-corrected chi connectivity index (χ4v) is 1.14. The SMILES string of the molecule is C=C(/C=C\C(OC(C)(C)C)=C(/C)Br)C(C)C. The summed E-state index contributed by atoms with van der Waals surface area (Å²) in [5.41, 5.74) is 0.914. The summed E-state index contributed by atoms with van der Waals surface area (Å²) in [4.78, 5) is 0. The van der Waals surface area contributed by atoms with Crippen LogP contribution in [0.4, 0.5) is 0 Å². The Morgan fingerprint density at radius 2 is 1.75 bits per heavy atom. The highest BCUT2D eigenvalue weighted by Crippen LogP contribution is 2.22. The maximum absolute atomic E-state index is 5.83. The summed E-state index contributed by atoms with van der Waals surface area (Å²) in [5, 5.41) is 0. The standard InChI is InChI=1S/C14H23BrO/c1-10(2)11(3)8-9-13(12(4)15)16-14(5,6)7/h8-10H,3H2,1-2,4-7H3/b9-8-,13-12-. The molecule has 0 bridgehead atoms. The van der Waals surface area contributed by atoms with Gasteiger partial charge >= 0.3 is 0 Å². The average molecular weight is 287 g/mol. The lowest BCUT2D eigenvalue weighted by Gasteiger charge is -2.22. The molecule has 1 nitrogen and oxygen atoms in total. The van der Waals surface area contributed by atoms with Gasteiger partial charge in [-0.05, 0) is 39.7 Å². The monoisotopic (exact) mass is 286 g/mol. The minimum Gasteiger partial charge on any atom is -0.487 e. The van der Waals surface area contributed by atoms with E-state index in [1.54, 1.807) is 0 Å². The zero-order valence-corrected chi connectivity index (χ0v) is 12.8. The summed E-state index contributed by atoms with van der Waals surface area (Å²) in [5.74, 6) is 1.32. The van der Waals surface area contributed by atoms with Crippen LogP contribution in [0.2, 0.25) is 0 Å². The van der Waals surface area contributed by atoms with Gasteiger partial charge < -0.3 is 4.74 Å². The number of halogens is 1. The topological polar surface area (TPSA) is 9.23 Å². The van der Waals surface area contributed by atoms with Crippen molar-refractivity contribution in [3.63, 3.8) is 0 Å². The van der Waals surface area contributed by atoms with Gasteiger partial charge in [0.25, 0.3) is 0 Å². The van der Waals surface area contributed by atoms with Crippen LogP contribution in [0.15, 0.2) is 34.5 Å². The molecule has 0 spiro atoms. The third kappa shape index (κ3) is 6.89. The van der Waals surface area contributed by atoms with Crippen LogP contribution >= 0.6 is 15.9 Å². The van der Waals surface area contributed by atoms with Crippen LogP contribution in [0.1, 0.15) is 41.5 Å². The second-order valence-electron chi connectivity index (χ2n) is 5.18. The van der Waals surface area contributed by atoms with Crippen LogP contribution in [-0.2, 0) is 4.74 Å². The first-order valence-corrected chi connectivity index (χ1v) is 6.35. The Bertz CT molecular complexity index is 299. The van der Waals surface area contributed by atoms with E-state index in [9.17, 15) is 0 Å². The average Bonchev–Trinajstić information content (AvgIpc) is 2.09. The lowest BCUT2D eigenvalue weighted by Crippen LogP contribution is -2.18. The molecule has 0 aromatic carbocycles. The molecule has 0 aliphatic heterocycles. The quantitative estimate of drug-likeness (QED) is 0.510. The minimum atomic E-state index is -0.187. The Hall–Kier alpha value is -0.500. The Kier molecular flexibility index (Phi) is 6.09. The van der Waals surface area contributed by atoms with Crippen LogP contribution in [0.3, 0.4) is 0 Å². The van der Waals surface area contributed by atoms with Gasteiger partial charge in [0, 0.05) is 4.48 Å². The molecule has 0 aliphatic rings. The van der Waals surface area contributed by atoms with Crippen LogP contribution in [0.5, 0.6) is 0 Å². The van der Waals surface area contributed by atoms with Crippen molar-refractivity contribution in [1.29, 1.82) is 0 Å². The fraction of sp³-hybridized carbons (Fsp3) is 0.571. The zero-order chi connectivity index (χ0) is 12.9. The van der Waals surface area contributed by atoms with Crippen molar-refractivity contribution in [2.24, 2.45) is 5.92 Å². The van der Waals surface area contributed by atoms with E-state index in [0.29, 0.717) is 5.92 Å².